The van der Waals surface area contributed by atoms with Crippen molar-refractivity contribution in [3.8, 4) is 0 Å². The van der Waals surface area contributed by atoms with Gasteiger partial charge in [0.1, 0.15) is 18.2 Å². The Kier molecular flexibility index (Phi) is 10.3. The topological polar surface area (TPSA) is 125 Å². The van der Waals surface area contributed by atoms with Crippen molar-refractivity contribution in [2.75, 3.05) is 31.9 Å². The number of nitrogens with two attached hydrogens (primary N) is 1. The predicted molar refractivity (Wildman–Crippen MR) is 155 cm³/mol. The first-order valence-electron chi connectivity index (χ1n) is 13.4. The van der Waals surface area contributed by atoms with Crippen LogP contribution < -0.4 is 5.73 Å². The molecule has 2 N–H and O–H groups in total. The zero-order valence-corrected chi connectivity index (χ0v) is 25.1. The van der Waals surface area contributed by atoms with Crippen molar-refractivity contribution in [3.63, 3.8) is 0 Å². The largest absolute Gasteiger partial charge is 0.465 e. The summed E-state index contributed by atoms with van der Waals surface area (Å²) < 4.78 is 29.9. The van der Waals surface area contributed by atoms with Crippen LogP contribution in [0.3, 0.4) is 0 Å². The molecule has 214 valence electrons. The summed E-state index contributed by atoms with van der Waals surface area (Å²) in [6.07, 6.45) is 3.59. The van der Waals surface area contributed by atoms with Crippen LogP contribution in [0.25, 0.3) is 11.2 Å². The number of ether oxygens (including phenoxy) is 2. The van der Waals surface area contributed by atoms with E-state index in [2.05, 4.69) is 53.1 Å². The molecule has 0 radical (unpaired) electrons. The molecule has 3 rings (SSSR count). The maximum atomic E-state index is 14.6. The Bertz CT molecular complexity index is 1290. The molecular formula is C28H43N6O4P. The Morgan fingerprint density at radius 1 is 1.15 bits per heavy atom. The van der Waals surface area contributed by atoms with Gasteiger partial charge in [-0.2, -0.15) is 0 Å². The number of carbonyl (C=O) groups excluding carboxylic acids is 1. The maximum Gasteiger partial charge on any atom is 0.312 e. The molecule has 0 saturated heterocycles. The second-order valence-corrected chi connectivity index (χ2v) is 14.1. The van der Waals surface area contributed by atoms with Crippen LogP contribution in [0.5, 0.6) is 0 Å². The molecule has 0 aliphatic heterocycles. The van der Waals surface area contributed by atoms with Crippen molar-refractivity contribution in [1.82, 2.24) is 24.2 Å². The van der Waals surface area contributed by atoms with E-state index in [0.29, 0.717) is 42.6 Å². The van der Waals surface area contributed by atoms with Crippen molar-refractivity contribution in [3.05, 3.63) is 48.0 Å². The van der Waals surface area contributed by atoms with Crippen LogP contribution in [0.4, 0.5) is 5.82 Å². The number of anilines is 1. The van der Waals surface area contributed by atoms with E-state index in [1.165, 1.54) is 11.9 Å². The molecule has 39 heavy (non-hydrogen) atoms. The van der Waals surface area contributed by atoms with Gasteiger partial charge >= 0.3 is 5.97 Å². The number of imidazole rings is 1. The fourth-order valence-electron chi connectivity index (χ4n) is 4.34. The molecule has 0 amide bonds. The highest BCUT2D eigenvalue weighted by Gasteiger charge is 2.41. The monoisotopic (exact) mass is 558 g/mol. The first-order chi connectivity index (χ1) is 18.4. The van der Waals surface area contributed by atoms with Gasteiger partial charge in [0.05, 0.1) is 31.0 Å². The highest BCUT2D eigenvalue weighted by atomic mass is 31.2. The van der Waals surface area contributed by atoms with E-state index in [1.54, 1.807) is 20.2 Å². The Labute approximate surface area is 231 Å². The molecule has 0 saturated carbocycles. The molecule has 11 heteroatoms. The molecule has 0 aliphatic carbocycles. The summed E-state index contributed by atoms with van der Waals surface area (Å²) in [5, 5.41) is 0. The van der Waals surface area contributed by atoms with Crippen LogP contribution >= 0.6 is 7.29 Å². The number of nitrogens with zero attached hydrogens (tertiary/aromatic N) is 5. The normalized spacial score (nSPS) is 14.6. The number of carbonyl (C=O) groups is 1. The molecule has 3 aromatic rings. The van der Waals surface area contributed by atoms with E-state index in [0.717, 1.165) is 12.0 Å². The Hall–Kier alpha value is -2.81. The molecule has 10 nitrogen and oxygen atoms in total. The molecule has 1 unspecified atom stereocenters. The molecule has 0 spiro atoms. The zero-order valence-electron chi connectivity index (χ0n) is 24.3. The number of rotatable bonds is 14. The molecule has 1 aromatic carbocycles. The smallest absolute Gasteiger partial charge is 0.312 e. The molecule has 0 bridgehead atoms. The number of aromatic nitrogens is 4. The van der Waals surface area contributed by atoms with Crippen LogP contribution in [0.2, 0.25) is 0 Å². The molecule has 2 heterocycles. The molecular weight excluding hydrogens is 515 g/mol. The van der Waals surface area contributed by atoms with E-state index in [-0.39, 0.29) is 24.6 Å². The van der Waals surface area contributed by atoms with Gasteiger partial charge in [-0.05, 0) is 51.3 Å². The zero-order chi connectivity index (χ0) is 28.8. The minimum absolute atomic E-state index is 0.0109. The van der Waals surface area contributed by atoms with E-state index in [1.807, 2.05) is 30.1 Å². The summed E-state index contributed by atoms with van der Waals surface area (Å²) >= 11 is 0. The van der Waals surface area contributed by atoms with E-state index >= 15 is 0 Å². The summed E-state index contributed by atoms with van der Waals surface area (Å²) in [5.74, 6) is 0.398. The van der Waals surface area contributed by atoms with Gasteiger partial charge in [-0.1, -0.05) is 45.0 Å². The molecule has 0 aliphatic rings. The van der Waals surface area contributed by atoms with Gasteiger partial charge in [-0.25, -0.2) is 15.0 Å². The lowest BCUT2D eigenvalue weighted by atomic mass is 9.97. The standard InChI is InChI=1S/C28H43N6O4P/c1-8-13-37-27(35)28(5,6)16-39(36,33(7)15-22-9-11-23(12-10-22)20(2)3)19-38-21(4)14-34-18-32-24-25(29)30-17-31-26(24)34/h9-12,17-18,20-21H,8,13-16,19H2,1-7H3,(H2,29,30,31)/t21-,39?/m1/s1. The maximum absolute atomic E-state index is 14.6. The van der Waals surface area contributed by atoms with Crippen molar-refractivity contribution in [1.29, 1.82) is 0 Å². The molecule has 2 aromatic heterocycles. The number of esters is 1. The van der Waals surface area contributed by atoms with Gasteiger partial charge in [0.2, 0.25) is 0 Å². The van der Waals surface area contributed by atoms with E-state index < -0.39 is 12.7 Å². The lowest BCUT2D eigenvalue weighted by Gasteiger charge is -2.34. The minimum atomic E-state index is -3.17. The number of benzene rings is 1. The van der Waals surface area contributed by atoms with Gasteiger partial charge in [-0.3, -0.25) is 9.46 Å². The lowest BCUT2D eigenvalue weighted by molar-refractivity contribution is -0.152. The van der Waals surface area contributed by atoms with Crippen molar-refractivity contribution in [2.45, 2.75) is 73.1 Å². The summed E-state index contributed by atoms with van der Waals surface area (Å²) in [5.41, 5.74) is 8.41. The van der Waals surface area contributed by atoms with Crippen LogP contribution in [0.1, 0.15) is 65.0 Å². The van der Waals surface area contributed by atoms with Gasteiger partial charge in [0, 0.05) is 12.7 Å². The van der Waals surface area contributed by atoms with Gasteiger partial charge in [0.15, 0.2) is 18.8 Å². The lowest BCUT2D eigenvalue weighted by Crippen LogP contribution is -2.34. The fourth-order valence-corrected chi connectivity index (χ4v) is 7.15. The highest BCUT2D eigenvalue weighted by Crippen LogP contribution is 2.54. The van der Waals surface area contributed by atoms with E-state index in [4.69, 9.17) is 15.2 Å². The third-order valence-electron chi connectivity index (χ3n) is 6.76. The van der Waals surface area contributed by atoms with Crippen LogP contribution in [0, 0.1) is 5.41 Å². The number of fused-ring (bicyclic) bond motifs is 1. The first-order valence-corrected chi connectivity index (χ1v) is 15.5. The average Bonchev–Trinajstić information content (AvgIpc) is 3.30. The van der Waals surface area contributed by atoms with Crippen LogP contribution in [-0.2, 0) is 31.9 Å². The minimum Gasteiger partial charge on any atom is -0.465 e. The Balaban J connectivity index is 1.78. The summed E-state index contributed by atoms with van der Waals surface area (Å²) in [4.78, 5) is 25.4. The van der Waals surface area contributed by atoms with Crippen molar-refractivity contribution < 1.29 is 18.8 Å². The Morgan fingerprint density at radius 3 is 2.49 bits per heavy atom. The van der Waals surface area contributed by atoms with Crippen LogP contribution in [0.15, 0.2) is 36.9 Å². The summed E-state index contributed by atoms with van der Waals surface area (Å²) in [6, 6.07) is 8.35. The van der Waals surface area contributed by atoms with Crippen LogP contribution in [-0.4, -0.2) is 62.4 Å². The van der Waals surface area contributed by atoms with Gasteiger partial charge < -0.3 is 24.3 Å². The van der Waals surface area contributed by atoms with Gasteiger partial charge in [0.25, 0.3) is 0 Å². The SMILES string of the molecule is CCCOC(=O)C(C)(C)CP(=O)(CO[C@H](C)Cn1cnc2c(N)ncnc21)N(C)Cc1ccc(C(C)C)cc1. The summed E-state index contributed by atoms with van der Waals surface area (Å²) in [6.45, 7) is 13.0. The fraction of sp³-hybridized carbons (Fsp3) is 0.571. The Morgan fingerprint density at radius 2 is 1.85 bits per heavy atom. The average molecular weight is 559 g/mol. The number of hydrogen-bond donors (Lipinski definition) is 1. The summed E-state index contributed by atoms with van der Waals surface area (Å²) in [7, 11) is -1.34. The van der Waals surface area contributed by atoms with Crippen molar-refractivity contribution >= 4 is 30.2 Å². The quantitative estimate of drug-likeness (QED) is 0.208. The number of nitrogen functional groups attached to an aromatic ring is 1. The number of hydrogen-bond acceptors (Lipinski definition) is 8. The van der Waals surface area contributed by atoms with Crippen molar-refractivity contribution in [2.24, 2.45) is 5.41 Å². The second-order valence-electron chi connectivity index (χ2n) is 11.2. The molecule has 2 atom stereocenters. The highest BCUT2D eigenvalue weighted by molar-refractivity contribution is 7.61. The van der Waals surface area contributed by atoms with Gasteiger partial charge in [-0.15, -0.1) is 0 Å². The van der Waals surface area contributed by atoms with E-state index in [9.17, 15) is 9.36 Å². The third kappa shape index (κ3) is 7.87. The second kappa shape index (κ2) is 13.0. The molecule has 0 fully saturated rings. The predicted octanol–water partition coefficient (Wildman–Crippen LogP) is 5.28. The third-order valence-corrected chi connectivity index (χ3v) is 9.98. The first kappa shape index (κ1) is 30.7.